The molecule has 1 atom stereocenters. The molecule has 0 bridgehead atoms. The van der Waals surface area contributed by atoms with Gasteiger partial charge in [-0.15, -0.1) is 0 Å². The van der Waals surface area contributed by atoms with E-state index >= 15 is 0 Å². The fraction of sp³-hybridized carbons (Fsp3) is 0.917. The lowest BCUT2D eigenvalue weighted by atomic mass is 10.0. The van der Waals surface area contributed by atoms with Gasteiger partial charge in [0.25, 0.3) is 0 Å². The average molecular weight is 274 g/mol. The third-order valence-corrected chi connectivity index (χ3v) is 5.51. The van der Waals surface area contributed by atoms with Crippen molar-refractivity contribution in [3.05, 3.63) is 0 Å². The number of rotatable bonds is 1. The summed E-state index contributed by atoms with van der Waals surface area (Å²) in [5.74, 6) is 0.296. The maximum Gasteiger partial charge on any atom is 0.236 e. The monoisotopic (exact) mass is 273 g/mol. The minimum Gasteiger partial charge on any atom is -0.338 e. The zero-order chi connectivity index (χ0) is 11.4. The number of likely N-dealkylation sites (tertiary alicyclic amines) is 1. The van der Waals surface area contributed by atoms with Gasteiger partial charge in [0.2, 0.25) is 5.91 Å². The molecule has 2 rings (SSSR count). The van der Waals surface area contributed by atoms with Gasteiger partial charge in [-0.05, 0) is 23.7 Å². The summed E-state index contributed by atoms with van der Waals surface area (Å²) in [5, 5.41) is 0. The van der Waals surface area contributed by atoms with Crippen LogP contribution < -0.4 is 0 Å². The Labute approximate surface area is 101 Å². The highest BCUT2D eigenvalue weighted by Gasteiger charge is 2.68. The average Bonchev–Trinajstić information content (AvgIpc) is 2.50. The van der Waals surface area contributed by atoms with Gasteiger partial charge in [-0.1, -0.05) is 43.6 Å². The van der Waals surface area contributed by atoms with E-state index in [-0.39, 0.29) is 15.7 Å². The van der Waals surface area contributed by atoms with E-state index in [1.165, 1.54) is 0 Å². The first-order chi connectivity index (χ1) is 6.80. The maximum absolute atomic E-state index is 12.1. The zero-order valence-electron chi connectivity index (χ0n) is 10.0. The lowest BCUT2D eigenvalue weighted by molar-refractivity contribution is -0.133. The Morgan fingerprint density at radius 2 is 1.80 bits per heavy atom. The summed E-state index contributed by atoms with van der Waals surface area (Å²) in [6.45, 7) is 10.0. The topological polar surface area (TPSA) is 20.3 Å². The summed E-state index contributed by atoms with van der Waals surface area (Å²) in [7, 11) is 0. The molecule has 2 aliphatic rings. The SMILES string of the molecule is CC1(C)C(N2CCCC(Br)C2=O)C1(C)C. The first-order valence-corrected chi connectivity index (χ1v) is 6.66. The van der Waals surface area contributed by atoms with Crippen LogP contribution in [0.15, 0.2) is 0 Å². The second kappa shape index (κ2) is 3.22. The van der Waals surface area contributed by atoms with Crippen LogP contribution in [0.5, 0.6) is 0 Å². The Morgan fingerprint density at radius 3 is 2.27 bits per heavy atom. The molecule has 3 heteroatoms. The van der Waals surface area contributed by atoms with Crippen LogP contribution in [0.25, 0.3) is 0 Å². The predicted molar refractivity (Wildman–Crippen MR) is 65.0 cm³/mol. The summed E-state index contributed by atoms with van der Waals surface area (Å²) in [6.07, 6.45) is 2.12. The van der Waals surface area contributed by atoms with Crippen LogP contribution in [0, 0.1) is 10.8 Å². The number of nitrogens with zero attached hydrogens (tertiary/aromatic N) is 1. The van der Waals surface area contributed by atoms with Crippen molar-refractivity contribution in [3.8, 4) is 0 Å². The molecule has 0 spiro atoms. The molecule has 2 fully saturated rings. The van der Waals surface area contributed by atoms with Crippen LogP contribution in [-0.4, -0.2) is 28.2 Å². The van der Waals surface area contributed by atoms with Crippen molar-refractivity contribution in [1.29, 1.82) is 0 Å². The highest BCUT2D eigenvalue weighted by molar-refractivity contribution is 9.10. The number of hydrogen-bond acceptors (Lipinski definition) is 1. The maximum atomic E-state index is 12.1. The van der Waals surface area contributed by atoms with Crippen LogP contribution in [-0.2, 0) is 4.79 Å². The number of amides is 1. The van der Waals surface area contributed by atoms with Crippen molar-refractivity contribution in [2.45, 2.75) is 51.4 Å². The summed E-state index contributed by atoms with van der Waals surface area (Å²) >= 11 is 3.47. The van der Waals surface area contributed by atoms with E-state index in [4.69, 9.17) is 0 Å². The van der Waals surface area contributed by atoms with Gasteiger partial charge in [0.05, 0.1) is 4.83 Å². The highest BCUT2D eigenvalue weighted by Crippen LogP contribution is 2.65. The smallest absolute Gasteiger partial charge is 0.236 e. The molecule has 0 N–H and O–H groups in total. The molecular weight excluding hydrogens is 254 g/mol. The van der Waals surface area contributed by atoms with E-state index < -0.39 is 0 Å². The number of halogens is 1. The van der Waals surface area contributed by atoms with Gasteiger partial charge in [0.15, 0.2) is 0 Å². The number of hydrogen-bond donors (Lipinski definition) is 0. The minimum absolute atomic E-state index is 0.0541. The van der Waals surface area contributed by atoms with Gasteiger partial charge < -0.3 is 4.90 Å². The second-order valence-corrected chi connectivity index (χ2v) is 7.09. The number of piperidine rings is 1. The number of carbonyl (C=O) groups excluding carboxylic acids is 1. The Morgan fingerprint density at radius 1 is 1.27 bits per heavy atom. The van der Waals surface area contributed by atoms with Crippen LogP contribution in [0.4, 0.5) is 0 Å². The summed E-state index contributed by atoms with van der Waals surface area (Å²) < 4.78 is 0. The normalized spacial score (nSPS) is 34.3. The molecule has 1 saturated heterocycles. The molecule has 0 aromatic rings. The van der Waals surface area contributed by atoms with E-state index in [1.54, 1.807) is 0 Å². The molecule has 1 unspecified atom stereocenters. The van der Waals surface area contributed by atoms with Crippen LogP contribution in [0.1, 0.15) is 40.5 Å². The third kappa shape index (κ3) is 1.46. The molecule has 15 heavy (non-hydrogen) atoms. The fourth-order valence-corrected chi connectivity index (χ4v) is 3.64. The molecule has 0 aromatic heterocycles. The molecule has 86 valence electrons. The van der Waals surface area contributed by atoms with Crippen molar-refractivity contribution < 1.29 is 4.79 Å². The van der Waals surface area contributed by atoms with Gasteiger partial charge in [-0.2, -0.15) is 0 Å². The Hall–Kier alpha value is -0.0500. The lowest BCUT2D eigenvalue weighted by Crippen LogP contribution is -2.45. The van der Waals surface area contributed by atoms with Crippen LogP contribution >= 0.6 is 15.9 Å². The zero-order valence-corrected chi connectivity index (χ0v) is 11.6. The first kappa shape index (κ1) is 11.4. The van der Waals surface area contributed by atoms with E-state index in [0.29, 0.717) is 11.9 Å². The Kier molecular flexibility index (Phi) is 2.46. The highest BCUT2D eigenvalue weighted by atomic mass is 79.9. The fourth-order valence-electron chi connectivity index (χ4n) is 3.05. The van der Waals surface area contributed by atoms with Crippen molar-refractivity contribution >= 4 is 21.8 Å². The molecule has 2 nitrogen and oxygen atoms in total. The van der Waals surface area contributed by atoms with Gasteiger partial charge >= 0.3 is 0 Å². The minimum atomic E-state index is 0.0541. The molecular formula is C12H20BrNO. The van der Waals surface area contributed by atoms with E-state index in [9.17, 15) is 4.79 Å². The lowest BCUT2D eigenvalue weighted by Gasteiger charge is -2.31. The van der Waals surface area contributed by atoms with E-state index in [0.717, 1.165) is 19.4 Å². The van der Waals surface area contributed by atoms with Gasteiger partial charge in [0, 0.05) is 12.6 Å². The molecule has 0 radical (unpaired) electrons. The Balaban J connectivity index is 2.16. The Bertz CT molecular complexity index is 284. The van der Waals surface area contributed by atoms with Crippen LogP contribution in [0.3, 0.4) is 0 Å². The molecule has 1 amide bonds. The van der Waals surface area contributed by atoms with Crippen molar-refractivity contribution in [1.82, 2.24) is 4.90 Å². The molecule has 1 saturated carbocycles. The number of carbonyl (C=O) groups is 1. The third-order valence-electron chi connectivity index (χ3n) is 4.66. The van der Waals surface area contributed by atoms with E-state index in [1.807, 2.05) is 0 Å². The summed E-state index contributed by atoms with van der Waals surface area (Å²) in [6, 6.07) is 0.429. The molecule has 1 aliphatic carbocycles. The molecule has 1 aliphatic heterocycles. The predicted octanol–water partition coefficient (Wildman–Crippen LogP) is 2.81. The first-order valence-electron chi connectivity index (χ1n) is 5.74. The van der Waals surface area contributed by atoms with Crippen LogP contribution in [0.2, 0.25) is 0 Å². The largest absolute Gasteiger partial charge is 0.338 e. The molecule has 0 aromatic carbocycles. The van der Waals surface area contributed by atoms with E-state index in [2.05, 4.69) is 48.5 Å². The quantitative estimate of drug-likeness (QED) is 0.673. The standard InChI is InChI=1S/C12H20BrNO/c1-11(2)10(12(11,3)4)14-7-5-6-8(13)9(14)15/h8,10H,5-7H2,1-4H3. The van der Waals surface area contributed by atoms with Crippen molar-refractivity contribution in [3.63, 3.8) is 0 Å². The van der Waals surface area contributed by atoms with Crippen molar-refractivity contribution in [2.75, 3.05) is 6.54 Å². The van der Waals surface area contributed by atoms with Crippen molar-refractivity contribution in [2.24, 2.45) is 10.8 Å². The summed E-state index contributed by atoms with van der Waals surface area (Å²) in [5.41, 5.74) is 0.541. The number of alkyl halides is 1. The molecule has 1 heterocycles. The summed E-state index contributed by atoms with van der Waals surface area (Å²) in [4.78, 5) is 14.2. The van der Waals surface area contributed by atoms with Gasteiger partial charge in [0.1, 0.15) is 0 Å². The second-order valence-electron chi connectivity index (χ2n) is 5.99. The van der Waals surface area contributed by atoms with Gasteiger partial charge in [-0.3, -0.25) is 4.79 Å². The van der Waals surface area contributed by atoms with Gasteiger partial charge in [-0.25, -0.2) is 0 Å².